The predicted molar refractivity (Wildman–Crippen MR) is 91.1 cm³/mol. The van der Waals surface area contributed by atoms with Crippen LogP contribution in [-0.4, -0.2) is 22.0 Å². The van der Waals surface area contributed by atoms with E-state index in [9.17, 15) is 14.0 Å². The Labute approximate surface area is 143 Å². The quantitative estimate of drug-likeness (QED) is 0.833. The highest BCUT2D eigenvalue weighted by molar-refractivity contribution is 7.13. The van der Waals surface area contributed by atoms with Gasteiger partial charge in [-0.2, -0.15) is 0 Å². The molecule has 0 bridgehead atoms. The van der Waals surface area contributed by atoms with Crippen LogP contribution in [0.3, 0.4) is 0 Å². The monoisotopic (exact) mass is 350 g/mol. The molecule has 0 fully saturated rings. The number of rotatable bonds is 6. The van der Waals surface area contributed by atoms with Gasteiger partial charge in [-0.3, -0.25) is 9.59 Å². The normalized spacial score (nSPS) is 10.9. The molecular formula is C17H19FN2O3S. The van der Waals surface area contributed by atoms with E-state index in [1.54, 1.807) is 0 Å². The highest BCUT2D eigenvalue weighted by Gasteiger charge is 2.18. The van der Waals surface area contributed by atoms with Crippen LogP contribution in [0, 0.1) is 18.7 Å². The second kappa shape index (κ2) is 7.53. The molecule has 0 spiro atoms. The maximum Gasteiger partial charge on any atom is 0.307 e. The number of hydrogen-bond donors (Lipinski definition) is 2. The van der Waals surface area contributed by atoms with Gasteiger partial charge in [-0.1, -0.05) is 19.9 Å². The molecule has 2 N–H and O–H groups in total. The van der Waals surface area contributed by atoms with Crippen molar-refractivity contribution in [1.82, 2.24) is 4.98 Å². The Kier molecular flexibility index (Phi) is 5.66. The number of carbonyl (C=O) groups is 2. The van der Waals surface area contributed by atoms with Crippen molar-refractivity contribution in [3.63, 3.8) is 0 Å². The molecule has 0 saturated heterocycles. The first kappa shape index (κ1) is 18.1. The van der Waals surface area contributed by atoms with Crippen LogP contribution >= 0.6 is 11.3 Å². The molecule has 0 aliphatic heterocycles. The largest absolute Gasteiger partial charge is 0.481 e. The highest BCUT2D eigenvalue weighted by atomic mass is 32.1. The van der Waals surface area contributed by atoms with E-state index in [1.807, 2.05) is 20.8 Å². The Hall–Kier alpha value is -2.28. The Morgan fingerprint density at radius 1 is 1.38 bits per heavy atom. The molecule has 0 aliphatic carbocycles. The number of anilines is 1. The minimum Gasteiger partial charge on any atom is -0.481 e. The topological polar surface area (TPSA) is 79.3 Å². The third kappa shape index (κ3) is 4.61. The minimum atomic E-state index is -1.11. The molecule has 0 unspecified atom stereocenters. The summed E-state index contributed by atoms with van der Waals surface area (Å²) in [6, 6.07) is 3.99. The van der Waals surface area contributed by atoms with Crippen molar-refractivity contribution in [2.75, 3.05) is 5.32 Å². The molecule has 1 aromatic carbocycles. The molecule has 1 amide bonds. The van der Waals surface area contributed by atoms with Crippen LogP contribution in [0.2, 0.25) is 0 Å². The van der Waals surface area contributed by atoms with Gasteiger partial charge in [-0.25, -0.2) is 9.37 Å². The van der Waals surface area contributed by atoms with Gasteiger partial charge >= 0.3 is 5.97 Å². The number of hydrogen-bond acceptors (Lipinski definition) is 4. The minimum absolute atomic E-state index is 0.0784. The van der Waals surface area contributed by atoms with Crippen LogP contribution in [0.4, 0.5) is 10.1 Å². The summed E-state index contributed by atoms with van der Waals surface area (Å²) >= 11 is 1.30. The fourth-order valence-electron chi connectivity index (χ4n) is 2.29. The van der Waals surface area contributed by atoms with E-state index in [2.05, 4.69) is 10.3 Å². The Balaban J connectivity index is 2.18. The van der Waals surface area contributed by atoms with E-state index in [1.165, 1.54) is 23.5 Å². The van der Waals surface area contributed by atoms with Crippen molar-refractivity contribution in [2.45, 2.75) is 33.6 Å². The number of halogens is 1. The van der Waals surface area contributed by atoms with E-state index >= 15 is 0 Å². The van der Waals surface area contributed by atoms with E-state index in [0.717, 1.165) is 16.8 Å². The highest BCUT2D eigenvalue weighted by Crippen LogP contribution is 2.23. The molecule has 2 aromatic rings. The third-order valence-electron chi connectivity index (χ3n) is 3.26. The number of amides is 1. The number of benzene rings is 1. The second-order valence-electron chi connectivity index (χ2n) is 5.94. The molecule has 1 heterocycles. The number of aliphatic carboxylic acids is 1. The SMILES string of the molecule is Cc1nc(CC(C)C)c(C(=O)Nc2ccc(CC(=O)O)c(F)c2)s1. The van der Waals surface area contributed by atoms with Gasteiger partial charge in [0.25, 0.3) is 5.91 Å². The van der Waals surface area contributed by atoms with Crippen LogP contribution in [-0.2, 0) is 17.6 Å². The van der Waals surface area contributed by atoms with E-state index < -0.39 is 18.2 Å². The average molecular weight is 350 g/mol. The molecule has 128 valence electrons. The van der Waals surface area contributed by atoms with Crippen molar-refractivity contribution in [2.24, 2.45) is 5.92 Å². The smallest absolute Gasteiger partial charge is 0.307 e. The number of thiazole rings is 1. The van der Waals surface area contributed by atoms with Gasteiger partial charge in [0, 0.05) is 5.69 Å². The summed E-state index contributed by atoms with van der Waals surface area (Å²) in [7, 11) is 0. The molecule has 1 aromatic heterocycles. The average Bonchev–Trinajstić information content (AvgIpc) is 2.81. The van der Waals surface area contributed by atoms with Gasteiger partial charge in [0.1, 0.15) is 10.7 Å². The zero-order valence-electron chi connectivity index (χ0n) is 13.7. The molecular weight excluding hydrogens is 331 g/mol. The maximum absolute atomic E-state index is 13.9. The maximum atomic E-state index is 13.9. The van der Waals surface area contributed by atoms with Gasteiger partial charge < -0.3 is 10.4 Å². The van der Waals surface area contributed by atoms with Gasteiger partial charge in [-0.15, -0.1) is 11.3 Å². The van der Waals surface area contributed by atoms with Gasteiger partial charge in [-0.05, 0) is 37.0 Å². The number of carboxylic acid groups (broad SMARTS) is 1. The first-order chi connectivity index (χ1) is 11.3. The first-order valence-corrected chi connectivity index (χ1v) is 8.35. The molecule has 2 rings (SSSR count). The van der Waals surface area contributed by atoms with Crippen molar-refractivity contribution in [3.05, 3.63) is 45.2 Å². The zero-order chi connectivity index (χ0) is 17.9. The molecule has 0 atom stereocenters. The summed E-state index contributed by atoms with van der Waals surface area (Å²) in [4.78, 5) is 28.0. The van der Waals surface area contributed by atoms with E-state index in [-0.39, 0.29) is 17.2 Å². The van der Waals surface area contributed by atoms with Gasteiger partial charge in [0.15, 0.2) is 0 Å². The summed E-state index contributed by atoms with van der Waals surface area (Å²) in [6.45, 7) is 5.94. The number of nitrogens with one attached hydrogen (secondary N) is 1. The summed E-state index contributed by atoms with van der Waals surface area (Å²) in [6.07, 6.45) is 0.297. The fraction of sp³-hybridized carbons (Fsp3) is 0.353. The number of carboxylic acids is 1. The van der Waals surface area contributed by atoms with Crippen molar-refractivity contribution < 1.29 is 19.1 Å². The van der Waals surface area contributed by atoms with Crippen LogP contribution in [0.25, 0.3) is 0 Å². The summed E-state index contributed by atoms with van der Waals surface area (Å²) in [5.41, 5.74) is 1.11. The summed E-state index contributed by atoms with van der Waals surface area (Å²) in [5.74, 6) is -1.73. The van der Waals surface area contributed by atoms with Crippen molar-refractivity contribution >= 4 is 28.9 Å². The lowest BCUT2D eigenvalue weighted by Crippen LogP contribution is -2.14. The Morgan fingerprint density at radius 3 is 2.67 bits per heavy atom. The molecule has 7 heteroatoms. The fourth-order valence-corrected chi connectivity index (χ4v) is 3.13. The Morgan fingerprint density at radius 2 is 2.08 bits per heavy atom. The molecule has 0 saturated carbocycles. The van der Waals surface area contributed by atoms with Crippen molar-refractivity contribution in [3.8, 4) is 0 Å². The number of nitrogens with zero attached hydrogens (tertiary/aromatic N) is 1. The molecule has 0 radical (unpaired) electrons. The van der Waals surface area contributed by atoms with E-state index in [0.29, 0.717) is 17.2 Å². The van der Waals surface area contributed by atoms with Crippen molar-refractivity contribution in [1.29, 1.82) is 0 Å². The zero-order valence-corrected chi connectivity index (χ0v) is 14.5. The molecule has 24 heavy (non-hydrogen) atoms. The lowest BCUT2D eigenvalue weighted by molar-refractivity contribution is -0.136. The number of aryl methyl sites for hydroxylation is 1. The van der Waals surface area contributed by atoms with Crippen LogP contribution in [0.15, 0.2) is 18.2 Å². The van der Waals surface area contributed by atoms with Gasteiger partial charge in [0.05, 0.1) is 17.1 Å². The van der Waals surface area contributed by atoms with Crippen LogP contribution in [0.1, 0.15) is 39.8 Å². The lowest BCUT2D eigenvalue weighted by atomic mass is 10.1. The van der Waals surface area contributed by atoms with E-state index in [4.69, 9.17) is 5.11 Å². The predicted octanol–water partition coefficient (Wildman–Crippen LogP) is 3.67. The summed E-state index contributed by atoms with van der Waals surface area (Å²) in [5, 5.41) is 12.2. The third-order valence-corrected chi connectivity index (χ3v) is 4.28. The lowest BCUT2D eigenvalue weighted by Gasteiger charge is -2.08. The Bertz CT molecular complexity index is 771. The van der Waals surface area contributed by atoms with Gasteiger partial charge in [0.2, 0.25) is 0 Å². The molecule has 5 nitrogen and oxygen atoms in total. The molecule has 0 aliphatic rings. The standard InChI is InChI=1S/C17H19FN2O3S/c1-9(2)6-14-16(24-10(3)19-14)17(23)20-12-5-4-11(7-15(21)22)13(18)8-12/h4-5,8-9H,6-7H2,1-3H3,(H,20,23)(H,21,22). The second-order valence-corrected chi connectivity index (χ2v) is 7.14. The van der Waals surface area contributed by atoms with Crippen LogP contribution < -0.4 is 5.32 Å². The number of carbonyl (C=O) groups excluding carboxylic acids is 1. The van der Waals surface area contributed by atoms with Crippen LogP contribution in [0.5, 0.6) is 0 Å². The summed E-state index contributed by atoms with van der Waals surface area (Å²) < 4.78 is 13.9. The first-order valence-electron chi connectivity index (χ1n) is 7.54. The number of aromatic nitrogens is 1.